The van der Waals surface area contributed by atoms with E-state index in [-0.39, 0.29) is 24.8 Å². The maximum Gasteiger partial charge on any atom is 0.107 e. The number of thiazole rings is 1. The van der Waals surface area contributed by atoms with Gasteiger partial charge in [-0.2, -0.15) is 0 Å². The van der Waals surface area contributed by atoms with Crippen molar-refractivity contribution in [2.75, 3.05) is 13.1 Å². The Morgan fingerprint density at radius 3 is 2.93 bits per heavy atom. The first-order valence-electron chi connectivity index (χ1n) is 4.71. The molecule has 0 aromatic carbocycles. The molecule has 3 nitrogen and oxygen atoms in total. The summed E-state index contributed by atoms with van der Waals surface area (Å²) < 4.78 is 0. The summed E-state index contributed by atoms with van der Waals surface area (Å²) in [6.45, 7) is 3.18. The van der Waals surface area contributed by atoms with E-state index >= 15 is 0 Å². The van der Waals surface area contributed by atoms with Gasteiger partial charge in [0, 0.05) is 24.2 Å². The molecule has 0 radical (unpaired) electrons. The molecular formula is C9H17Cl2N3S. The van der Waals surface area contributed by atoms with Crippen molar-refractivity contribution in [2.45, 2.75) is 25.4 Å². The molecule has 15 heavy (non-hydrogen) atoms. The number of likely N-dealkylation sites (tertiary alicyclic amines) is 1. The highest BCUT2D eigenvalue weighted by molar-refractivity contribution is 7.09. The lowest BCUT2D eigenvalue weighted by Gasteiger charge is -2.29. The van der Waals surface area contributed by atoms with Crippen LogP contribution in [0.3, 0.4) is 0 Å². The van der Waals surface area contributed by atoms with Gasteiger partial charge in [-0.3, -0.25) is 4.90 Å². The summed E-state index contributed by atoms with van der Waals surface area (Å²) in [6.07, 6.45) is 4.27. The van der Waals surface area contributed by atoms with Crippen LogP contribution in [0.2, 0.25) is 0 Å². The van der Waals surface area contributed by atoms with Gasteiger partial charge in [-0.15, -0.1) is 36.2 Å². The van der Waals surface area contributed by atoms with Gasteiger partial charge in [0.2, 0.25) is 0 Å². The van der Waals surface area contributed by atoms with Crippen LogP contribution in [0.5, 0.6) is 0 Å². The van der Waals surface area contributed by atoms with Gasteiger partial charge >= 0.3 is 0 Å². The van der Waals surface area contributed by atoms with Gasteiger partial charge in [-0.25, -0.2) is 4.98 Å². The molecule has 2 heterocycles. The van der Waals surface area contributed by atoms with Crippen LogP contribution in [0.15, 0.2) is 11.6 Å². The SMILES string of the molecule is Cl.Cl.N[C@@H]1CCCN(Cc2nccs2)C1. The van der Waals surface area contributed by atoms with E-state index in [1.807, 2.05) is 11.6 Å². The van der Waals surface area contributed by atoms with E-state index in [1.54, 1.807) is 11.3 Å². The van der Waals surface area contributed by atoms with Gasteiger partial charge in [0.05, 0.1) is 6.54 Å². The predicted octanol–water partition coefficient (Wildman–Crippen LogP) is 1.91. The van der Waals surface area contributed by atoms with E-state index in [9.17, 15) is 0 Å². The van der Waals surface area contributed by atoms with Crippen LogP contribution in [0, 0.1) is 0 Å². The normalized spacial score (nSPS) is 21.5. The molecular weight excluding hydrogens is 253 g/mol. The molecule has 1 aliphatic heterocycles. The van der Waals surface area contributed by atoms with Crippen LogP contribution >= 0.6 is 36.2 Å². The molecule has 1 aliphatic rings. The van der Waals surface area contributed by atoms with Crippen molar-refractivity contribution in [3.8, 4) is 0 Å². The van der Waals surface area contributed by atoms with Crippen molar-refractivity contribution in [2.24, 2.45) is 5.73 Å². The van der Waals surface area contributed by atoms with Crippen molar-refractivity contribution in [1.29, 1.82) is 0 Å². The number of halogens is 2. The Hall–Kier alpha value is 0.130. The fraction of sp³-hybridized carbons (Fsp3) is 0.667. The van der Waals surface area contributed by atoms with Crippen LogP contribution < -0.4 is 5.73 Å². The second-order valence-electron chi connectivity index (χ2n) is 3.56. The third-order valence-electron chi connectivity index (χ3n) is 2.38. The zero-order valence-corrected chi connectivity index (χ0v) is 10.9. The molecule has 1 fully saturated rings. The average Bonchev–Trinajstić information content (AvgIpc) is 2.57. The largest absolute Gasteiger partial charge is 0.327 e. The van der Waals surface area contributed by atoms with E-state index in [1.165, 1.54) is 24.4 Å². The minimum absolute atomic E-state index is 0. The van der Waals surface area contributed by atoms with Gasteiger partial charge in [-0.05, 0) is 19.4 Å². The molecule has 0 bridgehead atoms. The van der Waals surface area contributed by atoms with Crippen LogP contribution in [0.1, 0.15) is 17.8 Å². The molecule has 1 atom stereocenters. The second kappa shape index (κ2) is 7.41. The van der Waals surface area contributed by atoms with Gasteiger partial charge < -0.3 is 5.73 Å². The number of nitrogens with two attached hydrogens (primary N) is 1. The standard InChI is InChI=1S/C9H15N3S.2ClH/c10-8-2-1-4-12(6-8)7-9-11-3-5-13-9;;/h3,5,8H,1-2,4,6-7,10H2;2*1H/t8-;;/m1../s1. The maximum absolute atomic E-state index is 5.90. The molecule has 0 aliphatic carbocycles. The highest BCUT2D eigenvalue weighted by Crippen LogP contribution is 2.13. The fourth-order valence-electron chi connectivity index (χ4n) is 1.76. The van der Waals surface area contributed by atoms with Crippen LogP contribution in [-0.2, 0) is 6.54 Å². The van der Waals surface area contributed by atoms with Crippen LogP contribution in [-0.4, -0.2) is 29.0 Å². The minimum atomic E-state index is 0. The Balaban J connectivity index is 0.000000980. The van der Waals surface area contributed by atoms with Gasteiger partial charge in [-0.1, -0.05) is 0 Å². The number of nitrogens with zero attached hydrogens (tertiary/aromatic N) is 2. The highest BCUT2D eigenvalue weighted by Gasteiger charge is 2.16. The van der Waals surface area contributed by atoms with E-state index in [0.717, 1.165) is 13.1 Å². The Labute approximate surface area is 107 Å². The average molecular weight is 270 g/mol. The molecule has 0 unspecified atom stereocenters. The second-order valence-corrected chi connectivity index (χ2v) is 4.54. The summed E-state index contributed by atoms with van der Waals surface area (Å²) in [6, 6.07) is 0.369. The topological polar surface area (TPSA) is 42.1 Å². The van der Waals surface area contributed by atoms with Gasteiger partial charge in [0.1, 0.15) is 5.01 Å². The van der Waals surface area contributed by atoms with Crippen molar-refractivity contribution < 1.29 is 0 Å². The first-order valence-corrected chi connectivity index (χ1v) is 5.59. The van der Waals surface area contributed by atoms with Crippen molar-refractivity contribution >= 4 is 36.2 Å². The third-order valence-corrected chi connectivity index (χ3v) is 3.15. The van der Waals surface area contributed by atoms with Gasteiger partial charge in [0.25, 0.3) is 0 Å². The summed E-state index contributed by atoms with van der Waals surface area (Å²) in [5, 5.41) is 3.23. The Morgan fingerprint density at radius 1 is 1.53 bits per heavy atom. The summed E-state index contributed by atoms with van der Waals surface area (Å²) in [5.41, 5.74) is 5.90. The number of rotatable bonds is 2. The lowest BCUT2D eigenvalue weighted by molar-refractivity contribution is 0.201. The smallest absolute Gasteiger partial charge is 0.107 e. The van der Waals surface area contributed by atoms with Crippen molar-refractivity contribution in [1.82, 2.24) is 9.88 Å². The summed E-state index contributed by atoms with van der Waals surface area (Å²) in [5.74, 6) is 0. The van der Waals surface area contributed by atoms with Crippen LogP contribution in [0.25, 0.3) is 0 Å². The minimum Gasteiger partial charge on any atom is -0.327 e. The zero-order valence-electron chi connectivity index (χ0n) is 8.46. The van der Waals surface area contributed by atoms with Gasteiger partial charge in [0.15, 0.2) is 0 Å². The van der Waals surface area contributed by atoms with E-state index in [2.05, 4.69) is 9.88 Å². The quantitative estimate of drug-likeness (QED) is 0.892. The summed E-state index contributed by atoms with van der Waals surface area (Å²) in [7, 11) is 0. The zero-order chi connectivity index (χ0) is 9.10. The molecule has 0 spiro atoms. The lowest BCUT2D eigenvalue weighted by Crippen LogP contribution is -2.42. The number of hydrogen-bond donors (Lipinski definition) is 1. The molecule has 0 saturated carbocycles. The molecule has 2 rings (SSSR count). The number of aromatic nitrogens is 1. The highest BCUT2D eigenvalue weighted by atomic mass is 35.5. The molecule has 2 N–H and O–H groups in total. The van der Waals surface area contributed by atoms with Crippen molar-refractivity contribution in [3.05, 3.63) is 16.6 Å². The monoisotopic (exact) mass is 269 g/mol. The first-order chi connectivity index (χ1) is 6.34. The molecule has 88 valence electrons. The Morgan fingerprint density at radius 2 is 2.33 bits per heavy atom. The van der Waals surface area contributed by atoms with Crippen LogP contribution in [0.4, 0.5) is 0 Å². The summed E-state index contributed by atoms with van der Waals surface area (Å²) in [4.78, 5) is 6.67. The molecule has 0 amide bonds. The molecule has 1 aromatic rings. The predicted molar refractivity (Wildman–Crippen MR) is 69.1 cm³/mol. The molecule has 1 aromatic heterocycles. The third kappa shape index (κ3) is 4.66. The lowest BCUT2D eigenvalue weighted by atomic mass is 10.1. The van der Waals surface area contributed by atoms with E-state index in [0.29, 0.717) is 6.04 Å². The number of piperidine rings is 1. The fourth-order valence-corrected chi connectivity index (χ4v) is 2.41. The van der Waals surface area contributed by atoms with Crippen molar-refractivity contribution in [3.63, 3.8) is 0 Å². The number of hydrogen-bond acceptors (Lipinski definition) is 4. The molecule has 6 heteroatoms. The van der Waals surface area contributed by atoms with E-state index in [4.69, 9.17) is 5.73 Å². The summed E-state index contributed by atoms with van der Waals surface area (Å²) >= 11 is 1.72. The first kappa shape index (κ1) is 15.1. The Kier molecular flexibility index (Phi) is 7.48. The van der Waals surface area contributed by atoms with E-state index < -0.39 is 0 Å². The Bertz CT molecular complexity index is 256. The maximum atomic E-state index is 5.90. The molecule has 1 saturated heterocycles.